The summed E-state index contributed by atoms with van der Waals surface area (Å²) < 4.78 is 0.697. The highest BCUT2D eigenvalue weighted by Gasteiger charge is 2.22. The Balaban J connectivity index is 1.90. The van der Waals surface area contributed by atoms with Gasteiger partial charge in [0.25, 0.3) is 0 Å². The van der Waals surface area contributed by atoms with Gasteiger partial charge in [0.2, 0.25) is 0 Å². The SMILES string of the molecule is N[C@H](CN1CCCC1)[C@H](O)c1ccc(Cl)s1. The molecule has 1 aliphatic rings. The summed E-state index contributed by atoms with van der Waals surface area (Å²) in [6.07, 6.45) is 1.89. The predicted octanol–water partition coefficient (Wildman–Crippen LogP) is 1.86. The van der Waals surface area contributed by atoms with Crippen molar-refractivity contribution >= 4 is 22.9 Å². The van der Waals surface area contributed by atoms with E-state index in [9.17, 15) is 5.11 Å². The van der Waals surface area contributed by atoms with Gasteiger partial charge in [0.15, 0.2) is 0 Å². The van der Waals surface area contributed by atoms with Crippen molar-refractivity contribution in [3.05, 3.63) is 21.3 Å². The number of nitrogens with zero attached hydrogens (tertiary/aromatic N) is 1. The first kappa shape index (κ1) is 12.3. The van der Waals surface area contributed by atoms with Crippen molar-refractivity contribution in [2.24, 2.45) is 5.73 Å². The molecule has 0 saturated carbocycles. The molecule has 0 bridgehead atoms. The van der Waals surface area contributed by atoms with Gasteiger partial charge in [0.1, 0.15) is 6.10 Å². The molecule has 2 atom stereocenters. The van der Waals surface area contributed by atoms with Crippen LogP contribution in [0.25, 0.3) is 0 Å². The normalized spacial score (nSPS) is 21.2. The smallest absolute Gasteiger partial charge is 0.104 e. The van der Waals surface area contributed by atoms with Crippen LogP contribution in [0.4, 0.5) is 0 Å². The summed E-state index contributed by atoms with van der Waals surface area (Å²) in [5.74, 6) is 0. The first-order valence-corrected chi connectivity index (χ1v) is 6.77. The lowest BCUT2D eigenvalue weighted by atomic mass is 10.1. The molecule has 1 aliphatic heterocycles. The molecule has 2 rings (SSSR count). The second-order valence-corrected chi connectivity index (χ2v) is 6.00. The van der Waals surface area contributed by atoms with Crippen LogP contribution in [-0.2, 0) is 0 Å². The van der Waals surface area contributed by atoms with Gasteiger partial charge in [-0.15, -0.1) is 11.3 Å². The Labute approximate surface area is 105 Å². The lowest BCUT2D eigenvalue weighted by Gasteiger charge is -2.23. The fourth-order valence-electron chi connectivity index (χ4n) is 2.06. The Morgan fingerprint density at radius 3 is 2.69 bits per heavy atom. The number of halogens is 1. The molecule has 1 aromatic rings. The third kappa shape index (κ3) is 2.96. The van der Waals surface area contributed by atoms with E-state index in [0.29, 0.717) is 4.34 Å². The fourth-order valence-corrected chi connectivity index (χ4v) is 3.18. The quantitative estimate of drug-likeness (QED) is 0.869. The van der Waals surface area contributed by atoms with Crippen LogP contribution in [0.1, 0.15) is 23.8 Å². The van der Waals surface area contributed by atoms with Crippen molar-refractivity contribution in [2.45, 2.75) is 25.0 Å². The second-order valence-electron chi connectivity index (χ2n) is 4.26. The summed E-state index contributed by atoms with van der Waals surface area (Å²) in [7, 11) is 0. The van der Waals surface area contributed by atoms with Gasteiger partial charge in [-0.3, -0.25) is 0 Å². The number of nitrogens with two attached hydrogens (primary N) is 1. The van der Waals surface area contributed by atoms with Crippen LogP contribution in [0.2, 0.25) is 4.34 Å². The molecule has 3 N–H and O–H groups in total. The molecule has 90 valence electrons. The van der Waals surface area contributed by atoms with Crippen molar-refractivity contribution in [1.82, 2.24) is 4.90 Å². The summed E-state index contributed by atoms with van der Waals surface area (Å²) in [5.41, 5.74) is 6.01. The maximum absolute atomic E-state index is 10.1. The average molecular weight is 261 g/mol. The fraction of sp³-hybridized carbons (Fsp3) is 0.636. The molecule has 16 heavy (non-hydrogen) atoms. The highest BCUT2D eigenvalue weighted by molar-refractivity contribution is 7.16. The van der Waals surface area contributed by atoms with Gasteiger partial charge >= 0.3 is 0 Å². The number of rotatable bonds is 4. The molecule has 0 aromatic carbocycles. The van der Waals surface area contributed by atoms with Crippen LogP contribution in [-0.4, -0.2) is 35.7 Å². The molecule has 3 nitrogen and oxygen atoms in total. The molecule has 2 heterocycles. The molecule has 0 amide bonds. The Kier molecular flexibility index (Phi) is 4.21. The van der Waals surface area contributed by atoms with E-state index >= 15 is 0 Å². The molecule has 5 heteroatoms. The van der Waals surface area contributed by atoms with Gasteiger partial charge in [0, 0.05) is 17.5 Å². The summed E-state index contributed by atoms with van der Waals surface area (Å²) in [4.78, 5) is 3.17. The summed E-state index contributed by atoms with van der Waals surface area (Å²) in [5, 5.41) is 10.1. The zero-order chi connectivity index (χ0) is 11.5. The third-order valence-corrected chi connectivity index (χ3v) is 4.26. The van der Waals surface area contributed by atoms with Crippen molar-refractivity contribution in [3.63, 3.8) is 0 Å². The number of thiophene rings is 1. The zero-order valence-electron chi connectivity index (χ0n) is 9.10. The van der Waals surface area contributed by atoms with Gasteiger partial charge in [-0.05, 0) is 38.1 Å². The second kappa shape index (κ2) is 5.47. The minimum Gasteiger partial charge on any atom is -0.386 e. The highest BCUT2D eigenvalue weighted by atomic mass is 35.5. The van der Waals surface area contributed by atoms with E-state index in [2.05, 4.69) is 4.90 Å². The Hall–Kier alpha value is -0.130. The van der Waals surface area contributed by atoms with E-state index < -0.39 is 6.10 Å². The summed E-state index contributed by atoms with van der Waals surface area (Å²) >= 11 is 7.23. The van der Waals surface area contributed by atoms with Crippen LogP contribution in [0.5, 0.6) is 0 Å². The maximum atomic E-state index is 10.1. The van der Waals surface area contributed by atoms with Crippen molar-refractivity contribution < 1.29 is 5.11 Å². The minimum absolute atomic E-state index is 0.229. The highest BCUT2D eigenvalue weighted by Crippen LogP contribution is 2.28. The van der Waals surface area contributed by atoms with E-state index in [4.69, 9.17) is 17.3 Å². The zero-order valence-corrected chi connectivity index (χ0v) is 10.7. The molecular weight excluding hydrogens is 244 g/mol. The molecular formula is C11H17ClN2OS. The van der Waals surface area contributed by atoms with E-state index in [1.807, 2.05) is 6.07 Å². The molecule has 0 spiro atoms. The van der Waals surface area contributed by atoms with Crippen LogP contribution in [0.3, 0.4) is 0 Å². The van der Waals surface area contributed by atoms with Gasteiger partial charge in [-0.1, -0.05) is 11.6 Å². The van der Waals surface area contributed by atoms with Gasteiger partial charge in [-0.25, -0.2) is 0 Å². The van der Waals surface area contributed by atoms with E-state index in [0.717, 1.165) is 24.5 Å². The Morgan fingerprint density at radius 2 is 2.12 bits per heavy atom. The molecule has 0 unspecified atom stereocenters. The van der Waals surface area contributed by atoms with E-state index in [1.165, 1.54) is 24.2 Å². The van der Waals surface area contributed by atoms with E-state index in [1.54, 1.807) is 6.07 Å². The van der Waals surface area contributed by atoms with Crippen molar-refractivity contribution in [2.75, 3.05) is 19.6 Å². The van der Waals surface area contributed by atoms with Gasteiger partial charge < -0.3 is 15.7 Å². The topological polar surface area (TPSA) is 49.5 Å². The maximum Gasteiger partial charge on any atom is 0.104 e. The molecule has 0 radical (unpaired) electrons. The van der Waals surface area contributed by atoms with Crippen molar-refractivity contribution in [1.29, 1.82) is 0 Å². The van der Waals surface area contributed by atoms with Gasteiger partial charge in [-0.2, -0.15) is 0 Å². The summed E-state index contributed by atoms with van der Waals surface area (Å²) in [6, 6.07) is 3.42. The van der Waals surface area contributed by atoms with Crippen LogP contribution >= 0.6 is 22.9 Å². The number of hydrogen-bond acceptors (Lipinski definition) is 4. The third-order valence-electron chi connectivity index (χ3n) is 2.96. The van der Waals surface area contributed by atoms with Crippen LogP contribution < -0.4 is 5.73 Å². The van der Waals surface area contributed by atoms with Crippen LogP contribution in [0, 0.1) is 0 Å². The standard InChI is InChI=1S/C11H17ClN2OS/c12-10-4-3-9(16-10)11(15)8(13)7-14-5-1-2-6-14/h3-4,8,11,15H,1-2,5-7,13H2/t8-,11+/m1/s1. The molecule has 1 saturated heterocycles. The number of aliphatic hydroxyl groups excluding tert-OH is 1. The van der Waals surface area contributed by atoms with Crippen LogP contribution in [0.15, 0.2) is 12.1 Å². The Morgan fingerprint density at radius 1 is 1.44 bits per heavy atom. The molecule has 1 fully saturated rings. The largest absolute Gasteiger partial charge is 0.386 e. The minimum atomic E-state index is -0.599. The van der Waals surface area contributed by atoms with Crippen molar-refractivity contribution in [3.8, 4) is 0 Å². The number of likely N-dealkylation sites (tertiary alicyclic amines) is 1. The van der Waals surface area contributed by atoms with E-state index in [-0.39, 0.29) is 6.04 Å². The Bertz CT molecular complexity index is 338. The molecule has 0 aliphatic carbocycles. The predicted molar refractivity (Wildman–Crippen MR) is 67.9 cm³/mol. The van der Waals surface area contributed by atoms with Gasteiger partial charge in [0.05, 0.1) is 4.34 Å². The first-order valence-electron chi connectivity index (χ1n) is 5.58. The number of hydrogen-bond donors (Lipinski definition) is 2. The summed E-state index contributed by atoms with van der Waals surface area (Å²) in [6.45, 7) is 2.97. The first-order chi connectivity index (χ1) is 7.66. The monoisotopic (exact) mass is 260 g/mol. The average Bonchev–Trinajstić information content (AvgIpc) is 2.88. The lowest BCUT2D eigenvalue weighted by Crippen LogP contribution is -2.40. The number of aliphatic hydroxyl groups is 1. The molecule has 1 aromatic heterocycles. The lowest BCUT2D eigenvalue weighted by molar-refractivity contribution is 0.128.